The molecule has 0 saturated carbocycles. The number of nitrogens with one attached hydrogen (secondary N) is 1. The summed E-state index contributed by atoms with van der Waals surface area (Å²) in [6.45, 7) is 5.12. The largest absolute Gasteiger partial charge is 0.392 e. The van der Waals surface area contributed by atoms with Crippen LogP contribution in [-0.2, 0) is 13.6 Å². The van der Waals surface area contributed by atoms with Crippen LogP contribution in [0.3, 0.4) is 0 Å². The first kappa shape index (κ1) is 12.5. The van der Waals surface area contributed by atoms with E-state index in [9.17, 15) is 5.11 Å². The lowest BCUT2D eigenvalue weighted by molar-refractivity contribution is 0.167. The molecule has 1 aromatic rings. The molecule has 1 heterocycles. The van der Waals surface area contributed by atoms with Crippen molar-refractivity contribution in [2.75, 3.05) is 6.54 Å². The van der Waals surface area contributed by atoms with Crippen LogP contribution in [0.2, 0.25) is 5.15 Å². The number of halogens is 1. The first-order valence-electron chi connectivity index (χ1n) is 5.13. The molecular weight excluding hydrogens is 214 g/mol. The summed E-state index contributed by atoms with van der Waals surface area (Å²) in [5.41, 5.74) is 1.93. The van der Waals surface area contributed by atoms with E-state index in [1.54, 1.807) is 4.68 Å². The molecule has 0 aromatic carbocycles. The molecule has 0 aliphatic rings. The van der Waals surface area contributed by atoms with Crippen LogP contribution in [0.4, 0.5) is 0 Å². The van der Waals surface area contributed by atoms with Gasteiger partial charge in [-0.2, -0.15) is 5.10 Å². The van der Waals surface area contributed by atoms with E-state index in [1.807, 2.05) is 20.9 Å². The van der Waals surface area contributed by atoms with Crippen LogP contribution < -0.4 is 5.32 Å². The van der Waals surface area contributed by atoms with E-state index in [0.717, 1.165) is 17.7 Å². The number of hydrogen-bond donors (Lipinski definition) is 2. The summed E-state index contributed by atoms with van der Waals surface area (Å²) in [6, 6.07) is 0. The van der Waals surface area contributed by atoms with Crippen molar-refractivity contribution >= 4 is 11.6 Å². The van der Waals surface area contributed by atoms with Crippen LogP contribution in [0.25, 0.3) is 0 Å². The highest BCUT2D eigenvalue weighted by Gasteiger charge is 2.10. The molecule has 0 amide bonds. The second-order valence-electron chi connectivity index (χ2n) is 3.67. The fourth-order valence-corrected chi connectivity index (χ4v) is 1.62. The minimum absolute atomic E-state index is 0.291. The molecule has 0 fully saturated rings. The maximum Gasteiger partial charge on any atom is 0.131 e. The van der Waals surface area contributed by atoms with Crippen molar-refractivity contribution in [2.24, 2.45) is 7.05 Å². The molecule has 0 bridgehead atoms. The molecule has 5 heteroatoms. The number of aliphatic hydroxyl groups is 1. The zero-order chi connectivity index (χ0) is 11.4. The normalized spacial score (nSPS) is 13.1. The van der Waals surface area contributed by atoms with Gasteiger partial charge in [-0.15, -0.1) is 0 Å². The fourth-order valence-electron chi connectivity index (χ4n) is 1.38. The van der Waals surface area contributed by atoms with Gasteiger partial charge in [-0.05, 0) is 13.3 Å². The Balaban J connectivity index is 2.50. The molecule has 86 valence electrons. The quantitative estimate of drug-likeness (QED) is 0.802. The second-order valence-corrected chi connectivity index (χ2v) is 4.03. The molecule has 0 aliphatic heterocycles. The summed E-state index contributed by atoms with van der Waals surface area (Å²) in [6.07, 6.45) is 0.466. The van der Waals surface area contributed by atoms with Gasteiger partial charge < -0.3 is 10.4 Å². The van der Waals surface area contributed by atoms with Gasteiger partial charge in [0.05, 0.1) is 11.8 Å². The Morgan fingerprint density at radius 1 is 1.60 bits per heavy atom. The molecule has 4 nitrogen and oxygen atoms in total. The third kappa shape index (κ3) is 3.19. The first-order chi connectivity index (χ1) is 7.06. The highest BCUT2D eigenvalue weighted by molar-refractivity contribution is 6.30. The van der Waals surface area contributed by atoms with Gasteiger partial charge in [-0.1, -0.05) is 18.5 Å². The Morgan fingerprint density at radius 2 is 2.27 bits per heavy atom. The van der Waals surface area contributed by atoms with Crippen molar-refractivity contribution in [1.82, 2.24) is 15.1 Å². The van der Waals surface area contributed by atoms with E-state index in [-0.39, 0.29) is 6.10 Å². The minimum atomic E-state index is -0.291. The molecular formula is C10H18ClN3O. The molecule has 15 heavy (non-hydrogen) atoms. The van der Waals surface area contributed by atoms with Crippen molar-refractivity contribution in [3.63, 3.8) is 0 Å². The minimum Gasteiger partial charge on any atom is -0.392 e. The van der Waals surface area contributed by atoms with Crippen molar-refractivity contribution in [3.8, 4) is 0 Å². The molecule has 1 rings (SSSR count). The molecule has 1 unspecified atom stereocenters. The Bertz CT molecular complexity index is 325. The molecule has 1 aromatic heterocycles. The van der Waals surface area contributed by atoms with Gasteiger partial charge in [0.25, 0.3) is 0 Å². The van der Waals surface area contributed by atoms with Gasteiger partial charge >= 0.3 is 0 Å². The van der Waals surface area contributed by atoms with Gasteiger partial charge in [-0.25, -0.2) is 0 Å². The highest BCUT2D eigenvalue weighted by atomic mass is 35.5. The number of aromatic nitrogens is 2. The van der Waals surface area contributed by atoms with E-state index in [1.165, 1.54) is 0 Å². The number of nitrogens with zero attached hydrogens (tertiary/aromatic N) is 2. The number of aliphatic hydroxyl groups excluding tert-OH is 1. The lowest BCUT2D eigenvalue weighted by Gasteiger charge is -2.08. The Kier molecular flexibility index (Phi) is 4.57. The summed E-state index contributed by atoms with van der Waals surface area (Å²) < 4.78 is 1.66. The maximum atomic E-state index is 9.36. The average Bonchev–Trinajstić information content (AvgIpc) is 2.44. The van der Waals surface area contributed by atoms with Crippen LogP contribution in [0.1, 0.15) is 24.6 Å². The Hall–Kier alpha value is -0.580. The summed E-state index contributed by atoms with van der Waals surface area (Å²) in [7, 11) is 1.82. The molecule has 1 atom stereocenters. The smallest absolute Gasteiger partial charge is 0.131 e. The lowest BCUT2D eigenvalue weighted by Crippen LogP contribution is -2.25. The summed E-state index contributed by atoms with van der Waals surface area (Å²) in [5.74, 6) is 0. The van der Waals surface area contributed by atoms with Crippen molar-refractivity contribution < 1.29 is 5.11 Å². The third-order valence-corrected chi connectivity index (χ3v) is 2.90. The van der Waals surface area contributed by atoms with Gasteiger partial charge in [0.1, 0.15) is 5.15 Å². The zero-order valence-corrected chi connectivity index (χ0v) is 10.2. The monoisotopic (exact) mass is 231 g/mol. The lowest BCUT2D eigenvalue weighted by atomic mass is 10.2. The van der Waals surface area contributed by atoms with Crippen LogP contribution in [0, 0.1) is 6.92 Å². The number of rotatable bonds is 5. The van der Waals surface area contributed by atoms with Crippen LogP contribution in [0.15, 0.2) is 0 Å². The van der Waals surface area contributed by atoms with Gasteiger partial charge in [-0.3, -0.25) is 4.68 Å². The van der Waals surface area contributed by atoms with Crippen LogP contribution in [-0.4, -0.2) is 27.5 Å². The van der Waals surface area contributed by atoms with Gasteiger partial charge in [0, 0.05) is 25.7 Å². The number of aryl methyl sites for hydroxylation is 2. The Labute approximate surface area is 95.2 Å². The average molecular weight is 232 g/mol. The second kappa shape index (κ2) is 5.49. The molecule has 0 saturated heterocycles. The predicted octanol–water partition coefficient (Wildman–Crippen LogP) is 1.24. The molecule has 2 N–H and O–H groups in total. The summed E-state index contributed by atoms with van der Waals surface area (Å²) >= 11 is 6.06. The first-order valence-corrected chi connectivity index (χ1v) is 5.50. The van der Waals surface area contributed by atoms with Crippen LogP contribution in [0.5, 0.6) is 0 Å². The molecule has 0 radical (unpaired) electrons. The maximum absolute atomic E-state index is 9.36. The van der Waals surface area contributed by atoms with Crippen molar-refractivity contribution in [1.29, 1.82) is 0 Å². The van der Waals surface area contributed by atoms with E-state index in [0.29, 0.717) is 18.2 Å². The van der Waals surface area contributed by atoms with Gasteiger partial charge in [0.2, 0.25) is 0 Å². The topological polar surface area (TPSA) is 50.1 Å². The summed E-state index contributed by atoms with van der Waals surface area (Å²) in [4.78, 5) is 0. The fraction of sp³-hybridized carbons (Fsp3) is 0.700. The Morgan fingerprint density at radius 3 is 2.73 bits per heavy atom. The molecule has 0 spiro atoms. The standard InChI is InChI=1S/C10H18ClN3O/c1-4-8(15)5-12-6-9-7(2)13-14(3)10(9)11/h8,12,15H,4-6H2,1-3H3. The summed E-state index contributed by atoms with van der Waals surface area (Å²) in [5, 5.41) is 17.4. The number of hydrogen-bond acceptors (Lipinski definition) is 3. The van der Waals surface area contributed by atoms with E-state index in [4.69, 9.17) is 11.6 Å². The van der Waals surface area contributed by atoms with Gasteiger partial charge in [0.15, 0.2) is 0 Å². The van der Waals surface area contributed by atoms with E-state index >= 15 is 0 Å². The van der Waals surface area contributed by atoms with Crippen molar-refractivity contribution in [2.45, 2.75) is 32.9 Å². The third-order valence-electron chi connectivity index (χ3n) is 2.42. The predicted molar refractivity (Wildman–Crippen MR) is 61.0 cm³/mol. The highest BCUT2D eigenvalue weighted by Crippen LogP contribution is 2.17. The zero-order valence-electron chi connectivity index (χ0n) is 9.42. The van der Waals surface area contributed by atoms with E-state index < -0.39 is 0 Å². The van der Waals surface area contributed by atoms with Crippen molar-refractivity contribution in [3.05, 3.63) is 16.4 Å². The SMILES string of the molecule is CCC(O)CNCc1c(C)nn(C)c1Cl. The van der Waals surface area contributed by atoms with Crippen LogP contribution >= 0.6 is 11.6 Å². The molecule has 0 aliphatic carbocycles. The van der Waals surface area contributed by atoms with E-state index in [2.05, 4.69) is 10.4 Å².